The monoisotopic (exact) mass is 431 g/mol. The Labute approximate surface area is 187 Å². The molecule has 0 saturated carbocycles. The van der Waals surface area contributed by atoms with Gasteiger partial charge in [-0.3, -0.25) is 0 Å². The molecule has 31 heavy (non-hydrogen) atoms. The molecular weight excluding hydrogens is 390 g/mol. The second kappa shape index (κ2) is 10.2. The van der Waals surface area contributed by atoms with Gasteiger partial charge in [0.25, 0.3) is 0 Å². The van der Waals surface area contributed by atoms with Crippen molar-refractivity contribution in [3.8, 4) is 5.75 Å². The van der Waals surface area contributed by atoms with E-state index in [0.29, 0.717) is 24.6 Å². The van der Waals surface area contributed by atoms with Gasteiger partial charge in [0.15, 0.2) is 0 Å². The van der Waals surface area contributed by atoms with Crippen LogP contribution >= 0.6 is 0 Å². The molecule has 1 saturated heterocycles. The first-order valence-corrected chi connectivity index (χ1v) is 12.1. The lowest BCUT2D eigenvalue weighted by molar-refractivity contribution is -0.0635. The van der Waals surface area contributed by atoms with E-state index < -0.39 is 0 Å². The van der Waals surface area contributed by atoms with E-state index in [1.54, 1.807) is 0 Å². The molecule has 6 nitrogen and oxygen atoms in total. The van der Waals surface area contributed by atoms with Gasteiger partial charge in [-0.2, -0.15) is 0 Å². The summed E-state index contributed by atoms with van der Waals surface area (Å²) in [6.45, 7) is 12.4. The normalized spacial score (nSPS) is 23.9. The Kier molecular flexibility index (Phi) is 7.87. The number of phenols is 1. The molecule has 1 fully saturated rings. The van der Waals surface area contributed by atoms with Crippen molar-refractivity contribution in [2.24, 2.45) is 11.7 Å². The highest BCUT2D eigenvalue weighted by molar-refractivity contribution is 5.75. The van der Waals surface area contributed by atoms with Crippen molar-refractivity contribution in [2.75, 3.05) is 19.6 Å². The SMILES string of the molecule is CCC(C)N(C(=O)N1CCC([C@@H]2Cc3c(ccc(C)c3O)[C@H](CN)O2)CC1)C(C)CC. The predicted molar refractivity (Wildman–Crippen MR) is 124 cm³/mol. The first-order chi connectivity index (χ1) is 14.8. The molecule has 6 heteroatoms. The third-order valence-electron chi connectivity index (χ3n) is 7.51. The van der Waals surface area contributed by atoms with Gasteiger partial charge in [0.2, 0.25) is 0 Å². The van der Waals surface area contributed by atoms with E-state index in [2.05, 4.69) is 32.6 Å². The molecule has 0 spiro atoms. The van der Waals surface area contributed by atoms with Gasteiger partial charge >= 0.3 is 6.03 Å². The van der Waals surface area contributed by atoms with E-state index in [1.807, 2.05) is 24.0 Å². The predicted octanol–water partition coefficient (Wildman–Crippen LogP) is 4.37. The minimum Gasteiger partial charge on any atom is -0.507 e. The molecule has 2 amide bonds. The van der Waals surface area contributed by atoms with Gasteiger partial charge in [0.05, 0.1) is 12.2 Å². The lowest BCUT2D eigenvalue weighted by Crippen LogP contribution is -2.53. The Morgan fingerprint density at radius 3 is 2.39 bits per heavy atom. The third kappa shape index (κ3) is 4.85. The minimum atomic E-state index is -0.175. The van der Waals surface area contributed by atoms with Crippen LogP contribution in [0.25, 0.3) is 0 Å². The van der Waals surface area contributed by atoms with Gasteiger partial charge in [-0.15, -0.1) is 0 Å². The summed E-state index contributed by atoms with van der Waals surface area (Å²) in [7, 11) is 0. The number of carbonyl (C=O) groups excluding carboxylic acids is 1. The van der Waals surface area contributed by atoms with Crippen molar-refractivity contribution < 1.29 is 14.6 Å². The van der Waals surface area contributed by atoms with E-state index in [4.69, 9.17) is 10.5 Å². The minimum absolute atomic E-state index is 0.0336. The summed E-state index contributed by atoms with van der Waals surface area (Å²) in [5.74, 6) is 0.751. The highest BCUT2D eigenvalue weighted by atomic mass is 16.5. The molecule has 1 aromatic rings. The molecule has 1 aromatic carbocycles. The van der Waals surface area contributed by atoms with Crippen molar-refractivity contribution in [2.45, 2.75) is 91.0 Å². The first-order valence-electron chi connectivity index (χ1n) is 12.1. The zero-order valence-corrected chi connectivity index (χ0v) is 19.9. The van der Waals surface area contributed by atoms with Crippen LogP contribution in [0.4, 0.5) is 4.79 Å². The van der Waals surface area contributed by atoms with Crippen LogP contribution < -0.4 is 5.73 Å². The zero-order valence-electron chi connectivity index (χ0n) is 19.9. The number of nitrogens with two attached hydrogens (primary N) is 1. The number of amides is 2. The van der Waals surface area contributed by atoms with Gasteiger partial charge in [0.1, 0.15) is 5.75 Å². The van der Waals surface area contributed by atoms with E-state index in [1.165, 1.54) is 0 Å². The summed E-state index contributed by atoms with van der Waals surface area (Å²) in [6, 6.07) is 4.64. The standard InChI is InChI=1S/C25H41N3O3/c1-6-17(4)28(18(5)7-2)25(30)27-12-10-19(11-13-27)22-14-21-20(23(15-26)31-22)9-8-16(3)24(21)29/h8-9,17-19,22-23,29H,6-7,10-15,26H2,1-5H3/t17?,18?,22-,23-/m0/s1. The number of phenolic OH excluding ortho intramolecular Hbond substituents is 1. The molecule has 2 unspecified atom stereocenters. The van der Waals surface area contributed by atoms with Crippen molar-refractivity contribution in [3.63, 3.8) is 0 Å². The fraction of sp³-hybridized carbons (Fsp3) is 0.720. The summed E-state index contributed by atoms with van der Waals surface area (Å²) >= 11 is 0. The Morgan fingerprint density at radius 2 is 1.84 bits per heavy atom. The molecular formula is C25H41N3O3. The van der Waals surface area contributed by atoms with Gasteiger partial charge in [0, 0.05) is 43.7 Å². The molecule has 3 rings (SSSR count). The summed E-state index contributed by atoms with van der Waals surface area (Å²) in [6.07, 6.45) is 4.34. The number of rotatable bonds is 6. The number of aromatic hydroxyl groups is 1. The average molecular weight is 432 g/mol. The number of ether oxygens (including phenoxy) is 1. The second-order valence-electron chi connectivity index (χ2n) is 9.43. The van der Waals surface area contributed by atoms with Crippen LogP contribution in [0.1, 0.15) is 76.2 Å². The summed E-state index contributed by atoms with van der Waals surface area (Å²) < 4.78 is 6.40. The van der Waals surface area contributed by atoms with Gasteiger partial charge in [-0.25, -0.2) is 4.79 Å². The lowest BCUT2D eigenvalue weighted by Gasteiger charge is -2.43. The lowest BCUT2D eigenvalue weighted by atomic mass is 9.83. The number of piperidine rings is 1. The molecule has 4 atom stereocenters. The van der Waals surface area contributed by atoms with Gasteiger partial charge in [-0.05, 0) is 63.5 Å². The fourth-order valence-corrected chi connectivity index (χ4v) is 5.11. The number of aryl methyl sites for hydroxylation is 1. The van der Waals surface area contributed by atoms with Crippen molar-refractivity contribution in [1.82, 2.24) is 9.80 Å². The van der Waals surface area contributed by atoms with E-state index in [9.17, 15) is 9.90 Å². The summed E-state index contributed by atoms with van der Waals surface area (Å²) in [5.41, 5.74) is 8.92. The maximum atomic E-state index is 13.3. The number of fused-ring (bicyclic) bond motifs is 1. The summed E-state index contributed by atoms with van der Waals surface area (Å²) in [5, 5.41) is 10.6. The maximum Gasteiger partial charge on any atom is 0.320 e. The highest BCUT2D eigenvalue weighted by Gasteiger charge is 2.37. The Hall–Kier alpha value is -1.79. The van der Waals surface area contributed by atoms with Crippen LogP contribution in [0.5, 0.6) is 5.75 Å². The molecule has 174 valence electrons. The van der Waals surface area contributed by atoms with Gasteiger partial charge < -0.3 is 25.4 Å². The summed E-state index contributed by atoms with van der Waals surface area (Å²) in [4.78, 5) is 17.4. The van der Waals surface area contributed by atoms with Crippen LogP contribution in [0.15, 0.2) is 12.1 Å². The molecule has 0 aliphatic carbocycles. The molecule has 0 aromatic heterocycles. The van der Waals surface area contributed by atoms with Crippen molar-refractivity contribution >= 4 is 6.03 Å². The van der Waals surface area contributed by atoms with Crippen LogP contribution in [0.3, 0.4) is 0 Å². The van der Waals surface area contributed by atoms with E-state index >= 15 is 0 Å². The van der Waals surface area contributed by atoms with Gasteiger partial charge in [-0.1, -0.05) is 26.0 Å². The average Bonchev–Trinajstić information content (AvgIpc) is 2.80. The molecule has 2 aliphatic heterocycles. The third-order valence-corrected chi connectivity index (χ3v) is 7.51. The Bertz CT molecular complexity index is 751. The zero-order chi connectivity index (χ0) is 22.7. The van der Waals surface area contributed by atoms with Crippen LogP contribution in [-0.2, 0) is 11.2 Å². The number of nitrogens with zero attached hydrogens (tertiary/aromatic N) is 2. The quantitative estimate of drug-likeness (QED) is 0.701. The number of likely N-dealkylation sites (tertiary alicyclic amines) is 1. The van der Waals surface area contributed by atoms with Crippen LogP contribution in [-0.4, -0.2) is 58.8 Å². The second-order valence-corrected chi connectivity index (χ2v) is 9.43. The molecule has 3 N–H and O–H groups in total. The molecule has 2 heterocycles. The molecule has 2 aliphatic rings. The molecule has 0 radical (unpaired) electrons. The fourth-order valence-electron chi connectivity index (χ4n) is 5.11. The Morgan fingerprint density at radius 1 is 1.23 bits per heavy atom. The number of hydrogen-bond donors (Lipinski definition) is 2. The smallest absolute Gasteiger partial charge is 0.320 e. The largest absolute Gasteiger partial charge is 0.507 e. The van der Waals surface area contributed by atoms with E-state index in [0.717, 1.165) is 55.5 Å². The topological polar surface area (TPSA) is 79.0 Å². The Balaban J connectivity index is 1.68. The number of carbonyl (C=O) groups is 1. The first kappa shape index (κ1) is 23.9. The van der Waals surface area contributed by atoms with Crippen LogP contribution in [0, 0.1) is 12.8 Å². The number of benzene rings is 1. The van der Waals surface area contributed by atoms with E-state index in [-0.39, 0.29) is 30.3 Å². The maximum absolute atomic E-state index is 13.3. The van der Waals surface area contributed by atoms with Crippen LogP contribution in [0.2, 0.25) is 0 Å². The number of urea groups is 1. The molecule has 0 bridgehead atoms. The van der Waals surface area contributed by atoms with Crippen molar-refractivity contribution in [1.29, 1.82) is 0 Å². The van der Waals surface area contributed by atoms with Crippen molar-refractivity contribution in [3.05, 3.63) is 28.8 Å². The number of hydrogen-bond acceptors (Lipinski definition) is 4. The highest BCUT2D eigenvalue weighted by Crippen LogP contribution is 2.40.